The Kier molecular flexibility index (Phi) is 5.23. The van der Waals surface area contributed by atoms with Gasteiger partial charge >= 0.3 is 0 Å². The molecule has 2 saturated heterocycles. The first-order valence-corrected chi connectivity index (χ1v) is 7.86. The Bertz CT molecular complexity index is 287. The van der Waals surface area contributed by atoms with E-state index in [9.17, 15) is 5.11 Å². The summed E-state index contributed by atoms with van der Waals surface area (Å²) >= 11 is 0. The minimum atomic E-state index is -0.151. The molecule has 0 radical (unpaired) electrons. The Labute approximate surface area is 118 Å². The fourth-order valence-electron chi connectivity index (χ4n) is 3.95. The lowest BCUT2D eigenvalue weighted by Gasteiger charge is -2.47. The van der Waals surface area contributed by atoms with Gasteiger partial charge in [0.2, 0.25) is 0 Å². The highest BCUT2D eigenvalue weighted by Gasteiger charge is 2.36. The summed E-state index contributed by atoms with van der Waals surface area (Å²) in [5, 5.41) is 13.1. The van der Waals surface area contributed by atoms with Crippen LogP contribution in [0.5, 0.6) is 0 Å². The average Bonchev–Trinajstić information content (AvgIpc) is 2.39. The van der Waals surface area contributed by atoms with E-state index in [0.29, 0.717) is 0 Å². The molecule has 3 atom stereocenters. The Morgan fingerprint density at radius 3 is 2.79 bits per heavy atom. The number of aliphatic hydroxyl groups is 1. The van der Waals surface area contributed by atoms with Crippen LogP contribution in [0.4, 0.5) is 0 Å². The normalized spacial score (nSPS) is 32.8. The van der Waals surface area contributed by atoms with E-state index in [1.54, 1.807) is 0 Å². The number of nitrogens with zero attached hydrogens (tertiary/aromatic N) is 2. The predicted octanol–water partition coefficient (Wildman–Crippen LogP) is 0.763. The zero-order chi connectivity index (χ0) is 13.9. The minimum Gasteiger partial charge on any atom is -0.394 e. The van der Waals surface area contributed by atoms with Crippen molar-refractivity contribution < 1.29 is 5.11 Å². The third-order valence-corrected chi connectivity index (χ3v) is 4.95. The van der Waals surface area contributed by atoms with Crippen molar-refractivity contribution in [1.29, 1.82) is 0 Å². The molecule has 2 fully saturated rings. The number of fused-ring (bicyclic) bond motifs is 1. The number of likely N-dealkylation sites (tertiary alicyclic amines) is 2. The summed E-state index contributed by atoms with van der Waals surface area (Å²) in [5.41, 5.74) is -0.151. The van der Waals surface area contributed by atoms with Crippen molar-refractivity contribution in [3.05, 3.63) is 0 Å². The Morgan fingerprint density at radius 1 is 1.32 bits per heavy atom. The Balaban J connectivity index is 1.90. The van der Waals surface area contributed by atoms with Crippen molar-refractivity contribution >= 4 is 0 Å². The molecular formula is C15H31N3O. The second kappa shape index (κ2) is 6.53. The van der Waals surface area contributed by atoms with E-state index >= 15 is 0 Å². The van der Waals surface area contributed by atoms with Gasteiger partial charge in [-0.25, -0.2) is 0 Å². The van der Waals surface area contributed by atoms with Crippen molar-refractivity contribution in [3.63, 3.8) is 0 Å². The fourth-order valence-corrected chi connectivity index (χ4v) is 3.95. The van der Waals surface area contributed by atoms with Gasteiger partial charge in [-0.15, -0.1) is 0 Å². The maximum absolute atomic E-state index is 9.62. The molecule has 4 nitrogen and oxygen atoms in total. The van der Waals surface area contributed by atoms with E-state index < -0.39 is 0 Å². The molecule has 0 bridgehead atoms. The van der Waals surface area contributed by atoms with Crippen LogP contribution in [0.1, 0.15) is 33.1 Å². The van der Waals surface area contributed by atoms with Gasteiger partial charge in [-0.2, -0.15) is 0 Å². The van der Waals surface area contributed by atoms with Gasteiger partial charge < -0.3 is 20.2 Å². The molecule has 0 aromatic carbocycles. The quantitative estimate of drug-likeness (QED) is 0.773. The summed E-state index contributed by atoms with van der Waals surface area (Å²) in [4.78, 5) is 5.11. The minimum absolute atomic E-state index is 0.151. The van der Waals surface area contributed by atoms with Crippen LogP contribution in [0.2, 0.25) is 0 Å². The number of likely N-dealkylation sites (N-methyl/N-ethyl adjacent to an activating group) is 1. The van der Waals surface area contributed by atoms with E-state index in [4.69, 9.17) is 0 Å². The summed E-state index contributed by atoms with van der Waals surface area (Å²) in [5.74, 6) is 0.831. The molecule has 2 aliphatic heterocycles. The number of hydrogen-bond acceptors (Lipinski definition) is 4. The summed E-state index contributed by atoms with van der Waals surface area (Å²) in [6.45, 7) is 9.98. The van der Waals surface area contributed by atoms with Crippen LogP contribution >= 0.6 is 0 Å². The second-order valence-corrected chi connectivity index (χ2v) is 6.72. The number of hydrogen-bond donors (Lipinski definition) is 2. The van der Waals surface area contributed by atoms with Crippen LogP contribution in [0.3, 0.4) is 0 Å². The van der Waals surface area contributed by atoms with Crippen LogP contribution in [0.15, 0.2) is 0 Å². The van der Waals surface area contributed by atoms with E-state index in [1.807, 2.05) is 0 Å². The maximum Gasteiger partial charge on any atom is 0.0623 e. The van der Waals surface area contributed by atoms with Crippen LogP contribution < -0.4 is 5.32 Å². The molecule has 3 unspecified atom stereocenters. The molecule has 112 valence electrons. The molecule has 2 N–H and O–H groups in total. The second-order valence-electron chi connectivity index (χ2n) is 6.72. The first-order chi connectivity index (χ1) is 9.08. The smallest absolute Gasteiger partial charge is 0.0623 e. The van der Waals surface area contributed by atoms with Gasteiger partial charge in [0, 0.05) is 19.1 Å². The van der Waals surface area contributed by atoms with Gasteiger partial charge in [0.05, 0.1) is 12.1 Å². The molecule has 2 heterocycles. The lowest BCUT2D eigenvalue weighted by molar-refractivity contribution is 0.0206. The molecule has 0 aromatic rings. The Hall–Kier alpha value is -0.160. The first kappa shape index (κ1) is 15.2. The number of piperidine rings is 2. The van der Waals surface area contributed by atoms with Crippen LogP contribution in [-0.2, 0) is 0 Å². The number of rotatable bonds is 5. The monoisotopic (exact) mass is 269 g/mol. The summed E-state index contributed by atoms with van der Waals surface area (Å²) in [6, 6.07) is 0.796. The van der Waals surface area contributed by atoms with Gasteiger partial charge in [-0.1, -0.05) is 6.92 Å². The van der Waals surface area contributed by atoms with Gasteiger partial charge in [-0.3, -0.25) is 0 Å². The van der Waals surface area contributed by atoms with Crippen LogP contribution in [0.25, 0.3) is 0 Å². The fraction of sp³-hybridized carbons (Fsp3) is 1.00. The third kappa shape index (κ3) is 3.69. The van der Waals surface area contributed by atoms with E-state index in [-0.39, 0.29) is 12.1 Å². The van der Waals surface area contributed by atoms with E-state index in [1.165, 1.54) is 38.9 Å². The number of aliphatic hydroxyl groups excluding tert-OH is 1. The number of nitrogens with one attached hydrogen (secondary N) is 1. The Morgan fingerprint density at radius 2 is 2.11 bits per heavy atom. The largest absolute Gasteiger partial charge is 0.394 e. The van der Waals surface area contributed by atoms with Crippen molar-refractivity contribution in [2.45, 2.75) is 44.7 Å². The van der Waals surface area contributed by atoms with Gasteiger partial charge in [0.15, 0.2) is 0 Å². The molecule has 0 spiro atoms. The van der Waals surface area contributed by atoms with Crippen LogP contribution in [-0.4, -0.2) is 72.9 Å². The lowest BCUT2D eigenvalue weighted by atomic mass is 9.83. The SMILES string of the molecule is CCNC(C)(CO)CN1CCC2C(CCCN2C)C1. The predicted molar refractivity (Wildman–Crippen MR) is 79.4 cm³/mol. The standard InChI is InChI=1S/C15H31N3O/c1-4-16-15(2,12-19)11-18-9-7-14-13(10-18)6-5-8-17(14)3/h13-14,16,19H,4-12H2,1-3H3. The maximum atomic E-state index is 9.62. The first-order valence-electron chi connectivity index (χ1n) is 7.86. The zero-order valence-corrected chi connectivity index (χ0v) is 12.9. The molecule has 2 aliphatic rings. The van der Waals surface area contributed by atoms with Gasteiger partial charge in [0.1, 0.15) is 0 Å². The van der Waals surface area contributed by atoms with Gasteiger partial charge in [-0.05, 0) is 58.8 Å². The molecule has 0 amide bonds. The topological polar surface area (TPSA) is 38.7 Å². The molecule has 0 aromatic heterocycles. The molecule has 0 aliphatic carbocycles. The zero-order valence-electron chi connectivity index (χ0n) is 12.9. The van der Waals surface area contributed by atoms with Crippen LogP contribution in [0, 0.1) is 5.92 Å². The van der Waals surface area contributed by atoms with Crippen molar-refractivity contribution in [2.24, 2.45) is 5.92 Å². The lowest BCUT2D eigenvalue weighted by Crippen LogP contribution is -2.59. The molecule has 2 rings (SSSR count). The molecule has 19 heavy (non-hydrogen) atoms. The molecule has 0 saturated carbocycles. The molecule has 4 heteroatoms. The van der Waals surface area contributed by atoms with Crippen molar-refractivity contribution in [1.82, 2.24) is 15.1 Å². The summed E-state index contributed by atoms with van der Waals surface area (Å²) < 4.78 is 0. The highest BCUT2D eigenvalue weighted by Crippen LogP contribution is 2.30. The third-order valence-electron chi connectivity index (χ3n) is 4.95. The van der Waals surface area contributed by atoms with Crippen molar-refractivity contribution in [2.75, 3.05) is 46.4 Å². The highest BCUT2D eigenvalue weighted by molar-refractivity contribution is 4.93. The average molecular weight is 269 g/mol. The highest BCUT2D eigenvalue weighted by atomic mass is 16.3. The summed E-state index contributed by atoms with van der Waals surface area (Å²) in [6.07, 6.45) is 4.01. The van der Waals surface area contributed by atoms with Gasteiger partial charge in [0.25, 0.3) is 0 Å². The van der Waals surface area contributed by atoms with E-state index in [0.717, 1.165) is 25.0 Å². The summed E-state index contributed by atoms with van der Waals surface area (Å²) in [7, 11) is 2.28. The van der Waals surface area contributed by atoms with E-state index in [2.05, 4.69) is 36.0 Å². The molecular weight excluding hydrogens is 238 g/mol. The van der Waals surface area contributed by atoms with Crippen molar-refractivity contribution in [3.8, 4) is 0 Å².